The van der Waals surface area contributed by atoms with E-state index >= 15 is 4.39 Å². The van der Waals surface area contributed by atoms with Crippen LogP contribution in [0, 0.1) is 81.9 Å². The van der Waals surface area contributed by atoms with Crippen LogP contribution in [0.4, 0.5) is 8.78 Å². The standard InChI is InChI=1S/C30H30F2NO2.C4H9.U/c1-15-21-9-6-10-35-30(21)26(32)13-23(15)28-18(4)27-17(3)24(12-22(27)16(2)25(28)14-33)29(34)19-7-5-8-20(31)11-19;1-4(2)3;/h5,7-8,11,13-14,17,24H,6,9-10,12,33H2,1-4H3;1-3H3;/q2*-1;+2/t17-,24?;;/m0../s1. The van der Waals surface area contributed by atoms with Crippen LogP contribution in [0.2, 0.25) is 0 Å². The van der Waals surface area contributed by atoms with Gasteiger partial charge in [-0.25, -0.2) is 8.78 Å². The fourth-order valence-electron chi connectivity index (χ4n) is 6.24. The fraction of sp³-hybridized carbons (Fsp3) is 0.382. The van der Waals surface area contributed by atoms with Gasteiger partial charge in [-0.15, -0.1) is 17.7 Å². The molecular weight excluding hydrogens is 730 g/mol. The first-order chi connectivity index (χ1) is 18.5. The van der Waals surface area contributed by atoms with E-state index in [-0.39, 0.29) is 54.5 Å². The normalized spacial score (nSPS) is 17.2. The number of hydrogen-bond donors (Lipinski definition) is 1. The van der Waals surface area contributed by atoms with Gasteiger partial charge in [-0.1, -0.05) is 55.2 Å². The zero-order valence-corrected chi connectivity index (χ0v) is 28.8. The average Bonchev–Trinajstić information content (AvgIpc) is 3.25. The van der Waals surface area contributed by atoms with E-state index in [4.69, 9.17) is 10.5 Å². The van der Waals surface area contributed by atoms with Gasteiger partial charge in [0.2, 0.25) is 0 Å². The van der Waals surface area contributed by atoms with Crippen LogP contribution in [0.15, 0.2) is 30.3 Å². The van der Waals surface area contributed by atoms with E-state index in [0.717, 1.165) is 62.9 Å². The monoisotopic (exact) mass is 769 g/mol. The average molecular weight is 770 g/mol. The minimum absolute atomic E-state index is 0. The number of Topliss-reactive ketones (excluding diaryl/α,β-unsaturated/α-hetero) is 1. The van der Waals surface area contributed by atoms with Gasteiger partial charge in [0.05, 0.1) is 6.61 Å². The summed E-state index contributed by atoms with van der Waals surface area (Å²) in [6, 6.07) is 7.47. The maximum absolute atomic E-state index is 15.2. The number of nitrogens with two attached hydrogens (primary N) is 1. The molecule has 5 rings (SSSR count). The second-order valence-corrected chi connectivity index (χ2v) is 11.4. The van der Waals surface area contributed by atoms with Crippen LogP contribution in [0.1, 0.15) is 89.3 Å². The number of carbonyl (C=O) groups excluding carboxylic acids is 1. The van der Waals surface area contributed by atoms with E-state index in [1.807, 2.05) is 20.8 Å². The molecule has 2 aliphatic rings. The Kier molecular flexibility index (Phi) is 10.7. The Hall–Kier alpha value is -2.13. The SMILES string of the molecule is C[C-](C)C.Cc1c(-c2c(C)c3c(c(C)c2[CH-]N)CC(C(=O)c2cccc(F)c2)[C@@H]3C)cc(F)c2c1CCCO2.[U+2]. The molecular formula is C34H39F2NO2U. The molecule has 0 saturated heterocycles. The third-order valence-corrected chi connectivity index (χ3v) is 8.03. The van der Waals surface area contributed by atoms with Gasteiger partial charge in [-0.2, -0.15) is 26.3 Å². The van der Waals surface area contributed by atoms with Crippen LogP contribution in [-0.4, -0.2) is 12.4 Å². The van der Waals surface area contributed by atoms with Crippen LogP contribution < -0.4 is 10.5 Å². The van der Waals surface area contributed by atoms with E-state index in [2.05, 4.69) is 27.7 Å². The predicted molar refractivity (Wildman–Crippen MR) is 154 cm³/mol. The van der Waals surface area contributed by atoms with E-state index in [1.54, 1.807) is 24.7 Å². The summed E-state index contributed by atoms with van der Waals surface area (Å²) in [5.74, 6) is 0.604. The largest absolute Gasteiger partial charge is 2.00 e. The number of rotatable bonds is 4. The molecule has 0 bridgehead atoms. The molecule has 0 saturated carbocycles. The molecule has 1 aliphatic heterocycles. The summed E-state index contributed by atoms with van der Waals surface area (Å²) in [6.07, 6.45) is 2.21. The zero-order valence-electron chi connectivity index (χ0n) is 24.6. The Balaban J connectivity index is 0.000000828. The van der Waals surface area contributed by atoms with E-state index in [1.165, 1.54) is 18.1 Å². The van der Waals surface area contributed by atoms with Crippen LogP contribution >= 0.6 is 0 Å². The van der Waals surface area contributed by atoms with Crippen molar-refractivity contribution in [1.82, 2.24) is 0 Å². The van der Waals surface area contributed by atoms with Gasteiger partial charge in [-0.05, 0) is 61.4 Å². The van der Waals surface area contributed by atoms with Crippen molar-refractivity contribution < 1.29 is 49.4 Å². The number of hydrogen-bond acceptors (Lipinski definition) is 3. The molecule has 40 heavy (non-hydrogen) atoms. The smallest absolute Gasteiger partial charge is 0.490 e. The molecule has 3 nitrogen and oxygen atoms in total. The van der Waals surface area contributed by atoms with Gasteiger partial charge in [0.25, 0.3) is 0 Å². The molecule has 3 aromatic carbocycles. The molecule has 6 heteroatoms. The molecule has 210 valence electrons. The van der Waals surface area contributed by atoms with Gasteiger partial charge in [0.15, 0.2) is 17.3 Å². The minimum atomic E-state index is -0.414. The number of ether oxygens (including phenoxy) is 1. The molecule has 0 fully saturated rings. The molecule has 0 amide bonds. The summed E-state index contributed by atoms with van der Waals surface area (Å²) < 4.78 is 34.6. The fourth-order valence-corrected chi connectivity index (χ4v) is 6.24. The van der Waals surface area contributed by atoms with Gasteiger partial charge >= 0.3 is 31.1 Å². The topological polar surface area (TPSA) is 52.3 Å². The Labute approximate surface area is 261 Å². The summed E-state index contributed by atoms with van der Waals surface area (Å²) in [6.45, 7) is 16.5. The quantitative estimate of drug-likeness (QED) is 0.216. The third-order valence-electron chi connectivity index (χ3n) is 8.03. The maximum atomic E-state index is 15.2. The van der Waals surface area contributed by atoms with Crippen LogP contribution in [0.3, 0.4) is 0 Å². The Morgan fingerprint density at radius 3 is 2.35 bits per heavy atom. The van der Waals surface area contributed by atoms with Crippen molar-refractivity contribution >= 4 is 5.78 Å². The summed E-state index contributed by atoms with van der Waals surface area (Å²) in [5, 5.41) is 0. The molecule has 0 radical (unpaired) electrons. The number of ketones is 1. The van der Waals surface area contributed by atoms with Gasteiger partial charge < -0.3 is 16.4 Å². The van der Waals surface area contributed by atoms with Crippen molar-refractivity contribution in [2.75, 3.05) is 6.61 Å². The summed E-state index contributed by atoms with van der Waals surface area (Å²) in [4.78, 5) is 13.4. The van der Waals surface area contributed by atoms with E-state index in [0.29, 0.717) is 24.3 Å². The summed E-state index contributed by atoms with van der Waals surface area (Å²) in [5.41, 5.74) is 15.3. The molecule has 2 N–H and O–H groups in total. The maximum Gasteiger partial charge on any atom is 2.00 e. The first-order valence-corrected chi connectivity index (χ1v) is 13.7. The summed E-state index contributed by atoms with van der Waals surface area (Å²) >= 11 is 0. The molecule has 0 aromatic heterocycles. The van der Waals surface area contributed by atoms with E-state index < -0.39 is 5.82 Å². The van der Waals surface area contributed by atoms with Crippen LogP contribution in [-0.2, 0) is 12.8 Å². The van der Waals surface area contributed by atoms with Crippen molar-refractivity contribution in [3.05, 3.63) is 98.9 Å². The van der Waals surface area contributed by atoms with Crippen molar-refractivity contribution in [1.29, 1.82) is 0 Å². The van der Waals surface area contributed by atoms with Crippen LogP contribution in [0.5, 0.6) is 5.75 Å². The van der Waals surface area contributed by atoms with Crippen molar-refractivity contribution in [3.8, 4) is 16.9 Å². The molecule has 1 heterocycles. The number of carbonyl (C=O) groups is 1. The molecule has 2 atom stereocenters. The van der Waals surface area contributed by atoms with Crippen molar-refractivity contribution in [2.45, 2.75) is 73.6 Å². The Morgan fingerprint density at radius 2 is 1.73 bits per heavy atom. The van der Waals surface area contributed by atoms with Crippen molar-refractivity contribution in [3.63, 3.8) is 0 Å². The zero-order chi connectivity index (χ0) is 28.6. The Morgan fingerprint density at radius 1 is 1.05 bits per heavy atom. The molecule has 1 aliphatic carbocycles. The van der Waals surface area contributed by atoms with Crippen molar-refractivity contribution in [2.24, 2.45) is 11.7 Å². The molecule has 3 aromatic rings. The van der Waals surface area contributed by atoms with E-state index in [9.17, 15) is 9.18 Å². The minimum Gasteiger partial charge on any atom is -0.490 e. The van der Waals surface area contributed by atoms with Gasteiger partial charge in [0, 0.05) is 11.5 Å². The van der Waals surface area contributed by atoms with Gasteiger partial charge in [0.1, 0.15) is 5.82 Å². The number of fused-ring (bicyclic) bond motifs is 2. The van der Waals surface area contributed by atoms with Crippen LogP contribution in [0.25, 0.3) is 11.1 Å². The first kappa shape index (κ1) is 32.4. The third kappa shape index (κ3) is 6.06. The second-order valence-electron chi connectivity index (χ2n) is 11.4. The number of benzene rings is 3. The Bertz CT molecular complexity index is 1410. The molecule has 0 spiro atoms. The summed E-state index contributed by atoms with van der Waals surface area (Å²) in [7, 11) is 0. The van der Waals surface area contributed by atoms with Gasteiger partial charge in [-0.3, -0.25) is 4.79 Å². The number of halogens is 2. The first-order valence-electron chi connectivity index (χ1n) is 13.7. The predicted octanol–water partition coefficient (Wildman–Crippen LogP) is 8.13. The molecule has 1 unspecified atom stereocenters. The second kappa shape index (κ2) is 13.2.